The molecule has 2 heterocycles. The van der Waals surface area contributed by atoms with Gasteiger partial charge in [-0.25, -0.2) is 14.4 Å². The zero-order valence-corrected chi connectivity index (χ0v) is 43.6. The molecule has 0 unspecified atom stereocenters. The first kappa shape index (κ1) is 52.8. The molecule has 0 aliphatic rings. The van der Waals surface area contributed by atoms with Crippen molar-refractivity contribution in [1.82, 2.24) is 20.0 Å². The first-order valence-electron chi connectivity index (χ1n) is 21.7. The summed E-state index contributed by atoms with van der Waals surface area (Å²) >= 11 is 3.45. The molecule has 0 bridgehead atoms. The van der Waals surface area contributed by atoms with E-state index < -0.39 is 5.60 Å². The Labute approximate surface area is 429 Å². The van der Waals surface area contributed by atoms with E-state index in [2.05, 4.69) is 81.0 Å². The van der Waals surface area contributed by atoms with Gasteiger partial charge in [0.15, 0.2) is 5.78 Å². The van der Waals surface area contributed by atoms with Crippen molar-refractivity contribution < 1.29 is 64.4 Å². The molecule has 0 fully saturated rings. The number of ether oxygens (including phenoxy) is 3. The van der Waals surface area contributed by atoms with Gasteiger partial charge < -0.3 is 15.6 Å². The monoisotopic (exact) mass is 986 g/mol. The summed E-state index contributed by atoms with van der Waals surface area (Å²) < 4.78 is 16.8. The smallest absolute Gasteiger partial charge is 1.00 e. The molecular formula is C55H56BrN4NaO7. The number of rotatable bonds is 10. The molecule has 0 saturated carbocycles. The maximum absolute atomic E-state index is 12.7. The molecular weight excluding hydrogens is 932 g/mol. The van der Waals surface area contributed by atoms with Crippen molar-refractivity contribution in [2.75, 3.05) is 14.2 Å². The van der Waals surface area contributed by atoms with Crippen LogP contribution in [-0.4, -0.2) is 63.5 Å². The van der Waals surface area contributed by atoms with Crippen LogP contribution in [-0.2, 0) is 26.1 Å². The predicted octanol–water partition coefficient (Wildman–Crippen LogP) is 9.83. The van der Waals surface area contributed by atoms with Gasteiger partial charge >= 0.3 is 47.5 Å². The molecule has 0 aliphatic heterocycles. The van der Waals surface area contributed by atoms with Crippen molar-refractivity contribution in [2.45, 2.75) is 65.4 Å². The number of aromatic nitrogens is 4. The average Bonchev–Trinajstić information content (AvgIpc) is 3.97. The van der Waals surface area contributed by atoms with E-state index in [0.29, 0.717) is 29.7 Å². The second-order valence-corrected chi connectivity index (χ2v) is 18.6. The number of hydrogen-bond donors (Lipinski definition) is 1. The van der Waals surface area contributed by atoms with Gasteiger partial charge in [-0.3, -0.25) is 14.6 Å². The fourth-order valence-corrected chi connectivity index (χ4v) is 7.56. The molecule has 0 amide bonds. The minimum atomic E-state index is -0.557. The largest absolute Gasteiger partial charge is 1.00 e. The van der Waals surface area contributed by atoms with Gasteiger partial charge in [0.1, 0.15) is 5.60 Å². The van der Waals surface area contributed by atoms with Gasteiger partial charge in [0.25, 0.3) is 0 Å². The topological polar surface area (TPSA) is 142 Å². The number of methoxy groups -OCH3 is 2. The van der Waals surface area contributed by atoms with Gasteiger partial charge in [-0.2, -0.15) is 10.2 Å². The summed E-state index contributed by atoms with van der Waals surface area (Å²) in [5.41, 5.74) is 9.87. The third kappa shape index (κ3) is 14.2. The van der Waals surface area contributed by atoms with Gasteiger partial charge in [0, 0.05) is 28.1 Å². The van der Waals surface area contributed by atoms with Gasteiger partial charge in [-0.15, -0.1) is 0 Å². The van der Waals surface area contributed by atoms with Crippen LogP contribution < -0.4 is 29.6 Å². The van der Waals surface area contributed by atoms with Crippen molar-refractivity contribution >= 4 is 61.4 Å². The number of alkyl halides is 1. The molecule has 8 rings (SSSR count). The van der Waals surface area contributed by atoms with Gasteiger partial charge in [0.2, 0.25) is 0 Å². The molecule has 0 atom stereocenters. The fraction of sp³-hybridized carbons (Fsp3) is 0.236. The molecule has 68 heavy (non-hydrogen) atoms. The maximum Gasteiger partial charge on any atom is 1.00 e. The van der Waals surface area contributed by atoms with Crippen LogP contribution in [0.25, 0.3) is 44.1 Å². The van der Waals surface area contributed by atoms with Crippen LogP contribution in [0.4, 0.5) is 0 Å². The Hall–Kier alpha value is -6.18. The molecule has 346 valence electrons. The van der Waals surface area contributed by atoms with E-state index in [0.717, 1.165) is 60.5 Å². The number of halogens is 1. The van der Waals surface area contributed by atoms with Gasteiger partial charge in [-0.05, 0) is 102 Å². The van der Waals surface area contributed by atoms with Crippen LogP contribution in [0, 0.1) is 5.41 Å². The number of ketones is 1. The first-order chi connectivity index (χ1) is 32.0. The van der Waals surface area contributed by atoms with E-state index in [9.17, 15) is 19.2 Å². The molecule has 6 aromatic carbocycles. The molecule has 2 aromatic heterocycles. The number of esters is 3. The number of nitrogens with zero attached hydrogens (tertiary/aromatic N) is 3. The summed E-state index contributed by atoms with van der Waals surface area (Å²) in [6, 6.07) is 42.4. The van der Waals surface area contributed by atoms with Crippen LogP contribution in [0.3, 0.4) is 0 Å². The molecule has 0 spiro atoms. The molecule has 0 radical (unpaired) electrons. The Bertz CT molecular complexity index is 3010. The number of carbonyl (C=O) groups is 4. The van der Waals surface area contributed by atoms with Gasteiger partial charge in [-0.1, -0.05) is 128 Å². The van der Waals surface area contributed by atoms with E-state index >= 15 is 0 Å². The van der Waals surface area contributed by atoms with E-state index in [-0.39, 0.29) is 60.1 Å². The Kier molecular flexibility index (Phi) is 18.4. The zero-order chi connectivity index (χ0) is 48.3. The Balaban J connectivity index is 0.000000246. The summed E-state index contributed by atoms with van der Waals surface area (Å²) in [6.07, 6.45) is 3.97. The van der Waals surface area contributed by atoms with Crippen molar-refractivity contribution in [3.63, 3.8) is 0 Å². The Morgan fingerprint density at radius 3 is 1.72 bits per heavy atom. The van der Waals surface area contributed by atoms with Crippen molar-refractivity contribution in [3.8, 4) is 22.3 Å². The number of fused-ring (bicyclic) bond motifs is 2. The number of nitrogens with one attached hydrogen (secondary N) is 1. The first-order valence-corrected chi connectivity index (χ1v) is 22.8. The summed E-state index contributed by atoms with van der Waals surface area (Å²) in [5.74, 6) is -0.825. The number of benzene rings is 6. The van der Waals surface area contributed by atoms with Crippen molar-refractivity contribution in [1.29, 1.82) is 0 Å². The van der Waals surface area contributed by atoms with E-state index in [1.165, 1.54) is 19.8 Å². The number of H-pyrrole nitrogens is 1. The van der Waals surface area contributed by atoms with Crippen LogP contribution in [0.2, 0.25) is 0 Å². The normalized spacial score (nSPS) is 11.0. The van der Waals surface area contributed by atoms with Crippen molar-refractivity contribution in [2.24, 2.45) is 5.41 Å². The van der Waals surface area contributed by atoms with E-state index in [1.807, 2.05) is 98.2 Å². The second kappa shape index (κ2) is 23.7. The van der Waals surface area contributed by atoms with E-state index in [1.54, 1.807) is 48.8 Å². The predicted molar refractivity (Wildman–Crippen MR) is 269 cm³/mol. The fourth-order valence-electron chi connectivity index (χ4n) is 7.18. The SMILES string of the molecule is CC(C)(C)CC(=O)c1ccccc1-c1ccc(CBr)cc1.COC(=O)c1ccc2[nH]ncc2c1.COC(=O)c1ccc2c(cnn2Cc2ccc(-c3ccccc3C(=O)OC(C)(C)C)cc2)c1.[H-].[Na+]. The number of Topliss-reactive ketones (excluding diaryl/α,β-unsaturated/α-hetero) is 1. The Morgan fingerprint density at radius 2 is 1.16 bits per heavy atom. The molecule has 0 aliphatic carbocycles. The number of hydrogen-bond acceptors (Lipinski definition) is 9. The summed E-state index contributed by atoms with van der Waals surface area (Å²) in [4.78, 5) is 48.1. The molecule has 13 heteroatoms. The van der Waals surface area contributed by atoms with Crippen LogP contribution in [0.1, 0.15) is 102 Å². The van der Waals surface area contributed by atoms with Crippen LogP contribution in [0.15, 0.2) is 146 Å². The quantitative estimate of drug-likeness (QED) is 0.0466. The molecule has 0 saturated heterocycles. The number of aromatic amines is 1. The standard InChI is InChI=1S/C27H26N2O4.C19H21BrO.C9H8N2O2.Na.H/c1-27(2,3)33-26(31)23-8-6-5-7-22(23)19-11-9-18(10-12-19)17-29-24-14-13-20(25(30)32-4)15-21(24)16-28-29;1-19(2,3)12-18(21)17-7-5-4-6-16(17)15-10-8-14(13-20)9-11-15;1-13-9(12)6-2-3-8-7(4-6)5-10-11-8;;/h5-16H,17H2,1-4H3;4-11H,12-13H2,1-3H3;2-5H,1H3,(H,10,11);;/q;;;+1;-1. The maximum atomic E-state index is 12.7. The third-order valence-electron chi connectivity index (χ3n) is 10.4. The van der Waals surface area contributed by atoms with Crippen LogP contribution in [0.5, 0.6) is 0 Å². The number of carbonyl (C=O) groups excluding carboxylic acids is 4. The van der Waals surface area contributed by atoms with Crippen molar-refractivity contribution in [3.05, 3.63) is 179 Å². The van der Waals surface area contributed by atoms with Gasteiger partial charge in [0.05, 0.1) is 60.9 Å². The summed E-state index contributed by atoms with van der Waals surface area (Å²) in [6.45, 7) is 12.4. The molecule has 1 N–H and O–H groups in total. The Morgan fingerprint density at radius 1 is 0.632 bits per heavy atom. The summed E-state index contributed by atoms with van der Waals surface area (Å²) in [7, 11) is 2.73. The molecule has 8 aromatic rings. The summed E-state index contributed by atoms with van der Waals surface area (Å²) in [5, 5.41) is 13.8. The minimum absolute atomic E-state index is 0. The molecule has 11 nitrogen and oxygen atoms in total. The van der Waals surface area contributed by atoms with Crippen LogP contribution >= 0.6 is 15.9 Å². The zero-order valence-electron chi connectivity index (χ0n) is 41.1. The second-order valence-electron chi connectivity index (χ2n) is 18.0. The van der Waals surface area contributed by atoms with E-state index in [4.69, 9.17) is 9.47 Å². The third-order valence-corrected chi connectivity index (χ3v) is 11.1. The minimum Gasteiger partial charge on any atom is -1.00 e. The average molecular weight is 988 g/mol.